The maximum Gasteiger partial charge on any atom is 0.470 e. The van der Waals surface area contributed by atoms with Crippen molar-refractivity contribution in [2.75, 3.05) is 6.61 Å². The summed E-state index contributed by atoms with van der Waals surface area (Å²) in [5.41, 5.74) is 0. The minimum absolute atomic E-state index is 1.16. The summed E-state index contributed by atoms with van der Waals surface area (Å²) < 4.78 is 13.7. The molecule has 0 aliphatic heterocycles. The van der Waals surface area contributed by atoms with E-state index in [4.69, 9.17) is 20.0 Å². The highest BCUT2D eigenvalue weighted by molar-refractivity contribution is 7.46. The van der Waals surface area contributed by atoms with Crippen molar-refractivity contribution < 1.29 is 38.7 Å². The van der Waals surface area contributed by atoms with Gasteiger partial charge in [-0.3, -0.25) is 9.32 Å². The van der Waals surface area contributed by atoms with Crippen LogP contribution in [0.1, 0.15) is 0 Å². The second kappa shape index (κ2) is 4.45. The van der Waals surface area contributed by atoms with Crippen molar-refractivity contribution in [2.24, 2.45) is 0 Å². The van der Waals surface area contributed by atoms with Crippen LogP contribution in [0, 0.1) is 0 Å². The van der Waals surface area contributed by atoms with Crippen LogP contribution in [-0.2, 0) is 18.7 Å². The Balaban J connectivity index is 4.03. The first-order chi connectivity index (χ1) is 5.74. The van der Waals surface area contributed by atoms with Crippen molar-refractivity contribution in [3.05, 3.63) is 0 Å². The number of carbonyl (C=O) groups excluding carboxylic acids is 1. The first kappa shape index (κ1) is 12.2. The summed E-state index contributed by atoms with van der Waals surface area (Å²) in [6, 6.07) is 0. The fourth-order valence-corrected chi connectivity index (χ4v) is 0.660. The highest BCUT2D eigenvalue weighted by atomic mass is 31.2. The van der Waals surface area contributed by atoms with Crippen molar-refractivity contribution in [2.45, 2.75) is 6.10 Å². The zero-order valence-electron chi connectivity index (χ0n) is 6.15. The van der Waals surface area contributed by atoms with Gasteiger partial charge in [0.25, 0.3) is 0 Å². The molecular formula is C4H7O8P. The number of aliphatic hydroxyl groups excluding tert-OH is 1. The van der Waals surface area contributed by atoms with Crippen molar-refractivity contribution >= 4 is 19.6 Å². The van der Waals surface area contributed by atoms with E-state index in [1.54, 1.807) is 0 Å². The largest absolute Gasteiger partial charge is 0.479 e. The van der Waals surface area contributed by atoms with Gasteiger partial charge in [0, 0.05) is 0 Å². The number of rotatable bonds is 5. The molecule has 0 bridgehead atoms. The molecule has 76 valence electrons. The van der Waals surface area contributed by atoms with E-state index in [0.717, 1.165) is 0 Å². The molecule has 0 fully saturated rings. The highest BCUT2D eigenvalue weighted by Crippen LogP contribution is 2.35. The van der Waals surface area contributed by atoms with Crippen LogP contribution in [0.25, 0.3) is 0 Å². The SMILES string of the molecule is O=C(O)[C@H](O)C(=O)COP(=O)(O)O. The monoisotopic (exact) mass is 214 g/mol. The summed E-state index contributed by atoms with van der Waals surface area (Å²) in [4.78, 5) is 36.7. The molecule has 4 N–H and O–H groups in total. The van der Waals surface area contributed by atoms with Crippen LogP contribution in [0.5, 0.6) is 0 Å². The van der Waals surface area contributed by atoms with Gasteiger partial charge in [-0.1, -0.05) is 0 Å². The number of phosphoric ester groups is 1. The lowest BCUT2D eigenvalue weighted by Crippen LogP contribution is -2.32. The Hall–Kier alpha value is -0.790. The normalized spacial score (nSPS) is 13.8. The zero-order valence-corrected chi connectivity index (χ0v) is 7.05. The number of ketones is 1. The Morgan fingerprint density at radius 3 is 2.15 bits per heavy atom. The lowest BCUT2D eigenvalue weighted by molar-refractivity contribution is -0.153. The molecule has 0 aromatic rings. The molecule has 0 radical (unpaired) electrons. The van der Waals surface area contributed by atoms with Gasteiger partial charge in [-0.25, -0.2) is 9.36 Å². The predicted octanol–water partition coefficient (Wildman–Crippen LogP) is -1.89. The molecule has 0 spiro atoms. The highest BCUT2D eigenvalue weighted by Gasteiger charge is 2.25. The summed E-state index contributed by atoms with van der Waals surface area (Å²) in [6.45, 7) is -1.16. The summed E-state index contributed by atoms with van der Waals surface area (Å²) in [7, 11) is -4.81. The molecule has 13 heavy (non-hydrogen) atoms. The third-order valence-electron chi connectivity index (χ3n) is 0.914. The maximum atomic E-state index is 10.5. The van der Waals surface area contributed by atoms with E-state index in [1.807, 2.05) is 0 Å². The van der Waals surface area contributed by atoms with Crippen LogP contribution in [0.2, 0.25) is 0 Å². The number of aliphatic hydroxyl groups is 1. The number of carbonyl (C=O) groups is 2. The molecule has 9 heteroatoms. The number of hydrogen-bond donors (Lipinski definition) is 4. The smallest absolute Gasteiger partial charge is 0.470 e. The summed E-state index contributed by atoms with van der Waals surface area (Å²) in [6.07, 6.45) is -2.33. The maximum absolute atomic E-state index is 10.5. The number of hydrogen-bond acceptors (Lipinski definition) is 5. The van der Waals surface area contributed by atoms with Crippen molar-refractivity contribution in [1.29, 1.82) is 0 Å². The molecule has 0 saturated carbocycles. The average Bonchev–Trinajstić information content (AvgIpc) is 1.97. The van der Waals surface area contributed by atoms with E-state index in [2.05, 4.69) is 4.52 Å². The van der Waals surface area contributed by atoms with Crippen LogP contribution >= 0.6 is 7.82 Å². The summed E-state index contributed by atoms with van der Waals surface area (Å²) in [5.74, 6) is -3.14. The van der Waals surface area contributed by atoms with Gasteiger partial charge in [-0.2, -0.15) is 0 Å². The quantitative estimate of drug-likeness (QED) is 0.307. The fraction of sp³-hybridized carbons (Fsp3) is 0.500. The predicted molar refractivity (Wildman–Crippen MR) is 36.6 cm³/mol. The Labute approximate surface area is 72.0 Å². The lowest BCUT2D eigenvalue weighted by Gasteiger charge is -2.05. The van der Waals surface area contributed by atoms with Crippen LogP contribution in [0.3, 0.4) is 0 Å². The molecule has 0 aromatic heterocycles. The molecule has 0 heterocycles. The van der Waals surface area contributed by atoms with Gasteiger partial charge >= 0.3 is 13.8 Å². The minimum atomic E-state index is -4.81. The Morgan fingerprint density at radius 1 is 1.38 bits per heavy atom. The summed E-state index contributed by atoms with van der Waals surface area (Å²) in [5, 5.41) is 16.6. The van der Waals surface area contributed by atoms with Crippen molar-refractivity contribution in [3.63, 3.8) is 0 Å². The second-order valence-electron chi connectivity index (χ2n) is 1.97. The Kier molecular flexibility index (Phi) is 4.18. The van der Waals surface area contributed by atoms with Gasteiger partial charge in [0.2, 0.25) is 6.10 Å². The van der Waals surface area contributed by atoms with Gasteiger partial charge < -0.3 is 20.0 Å². The molecule has 0 amide bonds. The molecule has 8 nitrogen and oxygen atoms in total. The number of phosphoric acid groups is 1. The first-order valence-electron chi connectivity index (χ1n) is 2.87. The van der Waals surface area contributed by atoms with E-state index in [1.165, 1.54) is 0 Å². The van der Waals surface area contributed by atoms with E-state index < -0.39 is 32.3 Å². The molecule has 0 saturated heterocycles. The van der Waals surface area contributed by atoms with E-state index in [9.17, 15) is 14.2 Å². The van der Waals surface area contributed by atoms with Gasteiger partial charge in [-0.15, -0.1) is 0 Å². The number of carboxylic acid groups (broad SMARTS) is 1. The third-order valence-corrected chi connectivity index (χ3v) is 1.38. The van der Waals surface area contributed by atoms with Crippen molar-refractivity contribution in [1.82, 2.24) is 0 Å². The van der Waals surface area contributed by atoms with Crippen LogP contribution in [0.4, 0.5) is 0 Å². The molecule has 0 unspecified atom stereocenters. The molecule has 0 aliphatic carbocycles. The van der Waals surface area contributed by atoms with E-state index >= 15 is 0 Å². The molecular weight excluding hydrogens is 207 g/mol. The Bertz CT molecular complexity index is 253. The standard InChI is InChI=1S/C4H7O8P/c5-2(3(6)4(7)8)1-12-13(9,10)11/h3,6H,1H2,(H,7,8)(H2,9,10,11)/t3-/m1/s1. The summed E-state index contributed by atoms with van der Waals surface area (Å²) >= 11 is 0. The average molecular weight is 214 g/mol. The van der Waals surface area contributed by atoms with Gasteiger partial charge in [0.1, 0.15) is 6.61 Å². The zero-order chi connectivity index (χ0) is 10.6. The lowest BCUT2D eigenvalue weighted by atomic mass is 10.2. The fourth-order valence-electron chi connectivity index (χ4n) is 0.364. The Morgan fingerprint density at radius 2 is 1.85 bits per heavy atom. The molecule has 0 rings (SSSR count). The van der Waals surface area contributed by atoms with Gasteiger partial charge in [0.15, 0.2) is 5.78 Å². The third kappa shape index (κ3) is 5.45. The first-order valence-corrected chi connectivity index (χ1v) is 4.41. The molecule has 0 aliphatic rings. The van der Waals surface area contributed by atoms with Crippen molar-refractivity contribution in [3.8, 4) is 0 Å². The number of carboxylic acids is 1. The molecule has 0 aromatic carbocycles. The van der Waals surface area contributed by atoms with Gasteiger partial charge in [0.05, 0.1) is 0 Å². The van der Waals surface area contributed by atoms with Gasteiger partial charge in [-0.05, 0) is 0 Å². The minimum Gasteiger partial charge on any atom is -0.479 e. The van der Waals surface area contributed by atoms with E-state index in [-0.39, 0.29) is 0 Å². The number of Topliss-reactive ketones (excluding diaryl/α,β-unsaturated/α-hetero) is 1. The van der Waals surface area contributed by atoms with Crippen LogP contribution in [-0.4, -0.2) is 44.5 Å². The van der Waals surface area contributed by atoms with Crippen LogP contribution < -0.4 is 0 Å². The van der Waals surface area contributed by atoms with Crippen LogP contribution in [0.15, 0.2) is 0 Å². The van der Waals surface area contributed by atoms with E-state index in [0.29, 0.717) is 0 Å². The topological polar surface area (TPSA) is 141 Å². The second-order valence-corrected chi connectivity index (χ2v) is 3.21. The number of aliphatic carboxylic acids is 1. The molecule has 1 atom stereocenters.